The van der Waals surface area contributed by atoms with Crippen LogP contribution in [0.4, 0.5) is 0 Å². The van der Waals surface area contributed by atoms with Gasteiger partial charge < -0.3 is 9.47 Å². The Bertz CT molecular complexity index is 848. The van der Waals surface area contributed by atoms with E-state index in [0.29, 0.717) is 29.4 Å². The highest BCUT2D eigenvalue weighted by Gasteiger charge is 2.08. The molecule has 0 radical (unpaired) electrons. The van der Waals surface area contributed by atoms with Gasteiger partial charge in [0.25, 0.3) is 5.56 Å². The van der Waals surface area contributed by atoms with Crippen LogP contribution in [0.1, 0.15) is 35.7 Å². The number of aromatic amines is 1. The molecule has 2 rings (SSSR count). The van der Waals surface area contributed by atoms with Gasteiger partial charge >= 0.3 is 0 Å². The quantitative estimate of drug-likeness (QED) is 0.882. The second-order valence-electron chi connectivity index (χ2n) is 5.14. The minimum Gasteiger partial charge on any atom is -0.493 e. The highest BCUT2D eigenvalue weighted by atomic mass is 16.5. The molecule has 0 fully saturated rings. The number of nitriles is 1. The summed E-state index contributed by atoms with van der Waals surface area (Å²) in [6.07, 6.45) is 4.49. The second-order valence-corrected chi connectivity index (χ2v) is 5.14. The SMILES string of the molecule is CCCOc1cc(/C=C/c2n[nH]c(=O)c(C#N)c2C)ccc1OC. The summed E-state index contributed by atoms with van der Waals surface area (Å²) in [5, 5.41) is 15.3. The highest BCUT2D eigenvalue weighted by molar-refractivity contribution is 5.71. The monoisotopic (exact) mass is 325 g/mol. The smallest absolute Gasteiger partial charge is 0.282 e. The van der Waals surface area contributed by atoms with Crippen molar-refractivity contribution in [3.05, 3.63) is 50.9 Å². The molecule has 0 aliphatic carbocycles. The van der Waals surface area contributed by atoms with Gasteiger partial charge in [-0.05, 0) is 42.7 Å². The molecule has 0 atom stereocenters. The number of benzene rings is 1. The normalized spacial score (nSPS) is 10.6. The van der Waals surface area contributed by atoms with Crippen molar-refractivity contribution in [3.63, 3.8) is 0 Å². The van der Waals surface area contributed by atoms with Crippen LogP contribution in [0.5, 0.6) is 11.5 Å². The predicted octanol–water partition coefficient (Wildman–Crippen LogP) is 2.92. The first-order chi connectivity index (χ1) is 11.6. The molecule has 1 aromatic carbocycles. The number of hydrogen-bond donors (Lipinski definition) is 1. The van der Waals surface area contributed by atoms with E-state index in [-0.39, 0.29) is 5.56 Å². The molecule has 0 saturated heterocycles. The van der Waals surface area contributed by atoms with Crippen molar-refractivity contribution >= 4 is 12.2 Å². The summed E-state index contributed by atoms with van der Waals surface area (Å²) in [6.45, 7) is 4.34. The zero-order valence-electron chi connectivity index (χ0n) is 13.9. The number of nitrogens with one attached hydrogen (secondary N) is 1. The summed E-state index contributed by atoms with van der Waals surface area (Å²) in [5.74, 6) is 1.34. The largest absolute Gasteiger partial charge is 0.493 e. The van der Waals surface area contributed by atoms with E-state index >= 15 is 0 Å². The van der Waals surface area contributed by atoms with Gasteiger partial charge in [0.2, 0.25) is 0 Å². The van der Waals surface area contributed by atoms with Crippen LogP contribution in [0.2, 0.25) is 0 Å². The standard InChI is InChI=1S/C18H19N3O3/c1-4-9-24-17-10-13(6-8-16(17)23-3)5-7-15-12(2)14(11-19)18(22)21-20-15/h5-8,10H,4,9H2,1-3H3,(H,21,22)/b7-5+. The van der Waals surface area contributed by atoms with Crippen LogP contribution >= 0.6 is 0 Å². The Balaban J connectivity index is 2.33. The number of rotatable bonds is 6. The van der Waals surface area contributed by atoms with Crippen molar-refractivity contribution < 1.29 is 9.47 Å². The Morgan fingerprint density at radius 2 is 2.12 bits per heavy atom. The summed E-state index contributed by atoms with van der Waals surface area (Å²) < 4.78 is 11.0. The first-order valence-corrected chi connectivity index (χ1v) is 7.59. The fourth-order valence-electron chi connectivity index (χ4n) is 2.14. The van der Waals surface area contributed by atoms with E-state index < -0.39 is 5.56 Å². The highest BCUT2D eigenvalue weighted by Crippen LogP contribution is 2.29. The van der Waals surface area contributed by atoms with E-state index in [2.05, 4.69) is 10.2 Å². The molecule has 0 spiro atoms. The van der Waals surface area contributed by atoms with E-state index in [1.165, 1.54) is 0 Å². The maximum absolute atomic E-state index is 11.5. The van der Waals surface area contributed by atoms with Crippen molar-refractivity contribution in [2.75, 3.05) is 13.7 Å². The summed E-state index contributed by atoms with van der Waals surface area (Å²) in [4.78, 5) is 11.5. The van der Waals surface area contributed by atoms with Gasteiger partial charge in [0.15, 0.2) is 11.5 Å². The minimum absolute atomic E-state index is 0.0753. The van der Waals surface area contributed by atoms with E-state index in [1.807, 2.05) is 37.3 Å². The van der Waals surface area contributed by atoms with Gasteiger partial charge in [-0.15, -0.1) is 0 Å². The van der Waals surface area contributed by atoms with Crippen molar-refractivity contribution in [2.45, 2.75) is 20.3 Å². The first-order valence-electron chi connectivity index (χ1n) is 7.59. The molecule has 0 unspecified atom stereocenters. The minimum atomic E-state index is -0.480. The fourth-order valence-corrected chi connectivity index (χ4v) is 2.14. The lowest BCUT2D eigenvalue weighted by molar-refractivity contribution is 0.294. The molecule has 0 amide bonds. The van der Waals surface area contributed by atoms with Crippen molar-refractivity contribution in [3.8, 4) is 17.6 Å². The van der Waals surface area contributed by atoms with E-state index in [1.54, 1.807) is 20.1 Å². The molecule has 124 valence electrons. The van der Waals surface area contributed by atoms with Crippen LogP contribution in [-0.4, -0.2) is 23.9 Å². The molecule has 0 aliphatic heterocycles. The summed E-state index contributed by atoms with van der Waals surface area (Å²) >= 11 is 0. The van der Waals surface area contributed by atoms with Gasteiger partial charge in [-0.25, -0.2) is 5.10 Å². The Morgan fingerprint density at radius 3 is 2.79 bits per heavy atom. The van der Waals surface area contributed by atoms with Crippen molar-refractivity contribution in [1.82, 2.24) is 10.2 Å². The number of methoxy groups -OCH3 is 1. The lowest BCUT2D eigenvalue weighted by Crippen LogP contribution is -2.15. The van der Waals surface area contributed by atoms with Gasteiger partial charge in [0.05, 0.1) is 19.4 Å². The topological polar surface area (TPSA) is 88.0 Å². The molecule has 2 aromatic rings. The fraction of sp³-hybridized carbons (Fsp3) is 0.278. The average molecular weight is 325 g/mol. The number of nitrogens with zero attached hydrogens (tertiary/aromatic N) is 2. The number of ether oxygens (including phenoxy) is 2. The molecule has 24 heavy (non-hydrogen) atoms. The number of H-pyrrole nitrogens is 1. The van der Waals surface area contributed by atoms with E-state index in [9.17, 15) is 4.79 Å². The third-order valence-electron chi connectivity index (χ3n) is 3.46. The maximum atomic E-state index is 11.5. The van der Waals surface area contributed by atoms with Crippen molar-refractivity contribution in [1.29, 1.82) is 5.26 Å². The maximum Gasteiger partial charge on any atom is 0.282 e. The van der Waals surface area contributed by atoms with Crippen LogP contribution in [-0.2, 0) is 0 Å². The molecule has 1 heterocycles. The van der Waals surface area contributed by atoms with Crippen LogP contribution in [0.3, 0.4) is 0 Å². The summed E-state index contributed by atoms with van der Waals surface area (Å²) in [5.41, 5.74) is 1.58. The Kier molecular flexibility index (Phi) is 5.74. The lowest BCUT2D eigenvalue weighted by Gasteiger charge is -2.10. The van der Waals surface area contributed by atoms with Gasteiger partial charge in [0, 0.05) is 0 Å². The Hall–Kier alpha value is -3.07. The first kappa shape index (κ1) is 17.3. The third kappa shape index (κ3) is 3.82. The third-order valence-corrected chi connectivity index (χ3v) is 3.46. The predicted molar refractivity (Wildman–Crippen MR) is 92.0 cm³/mol. The zero-order chi connectivity index (χ0) is 17.5. The molecule has 0 bridgehead atoms. The Morgan fingerprint density at radius 1 is 1.33 bits per heavy atom. The molecule has 1 aromatic heterocycles. The molecule has 6 heteroatoms. The lowest BCUT2D eigenvalue weighted by atomic mass is 10.1. The molecule has 6 nitrogen and oxygen atoms in total. The van der Waals surface area contributed by atoms with Crippen molar-refractivity contribution in [2.24, 2.45) is 0 Å². The molecule has 0 aliphatic rings. The second kappa shape index (κ2) is 7.97. The van der Waals surface area contributed by atoms with Gasteiger partial charge in [-0.3, -0.25) is 4.79 Å². The van der Waals surface area contributed by atoms with Gasteiger partial charge in [-0.1, -0.05) is 19.1 Å². The van der Waals surface area contributed by atoms with E-state index in [4.69, 9.17) is 14.7 Å². The molecular weight excluding hydrogens is 306 g/mol. The van der Waals surface area contributed by atoms with Crippen LogP contribution in [0.25, 0.3) is 12.2 Å². The van der Waals surface area contributed by atoms with Crippen LogP contribution in [0, 0.1) is 18.3 Å². The Labute approximate surface area is 140 Å². The van der Waals surface area contributed by atoms with Crippen LogP contribution < -0.4 is 15.0 Å². The van der Waals surface area contributed by atoms with Gasteiger partial charge in [-0.2, -0.15) is 10.4 Å². The average Bonchev–Trinajstić information content (AvgIpc) is 2.59. The van der Waals surface area contributed by atoms with E-state index in [0.717, 1.165) is 12.0 Å². The molecule has 1 N–H and O–H groups in total. The molecule has 0 saturated carbocycles. The van der Waals surface area contributed by atoms with Gasteiger partial charge in [0.1, 0.15) is 11.6 Å². The number of aromatic nitrogens is 2. The molecular formula is C18H19N3O3. The van der Waals surface area contributed by atoms with Crippen LogP contribution in [0.15, 0.2) is 23.0 Å². The summed E-state index contributed by atoms with van der Waals surface area (Å²) in [6, 6.07) is 7.49. The zero-order valence-corrected chi connectivity index (χ0v) is 13.9. The number of hydrogen-bond acceptors (Lipinski definition) is 5. The summed E-state index contributed by atoms with van der Waals surface area (Å²) in [7, 11) is 1.60.